The van der Waals surface area contributed by atoms with Crippen LogP contribution in [0.25, 0.3) is 0 Å². The second-order valence-corrected chi connectivity index (χ2v) is 5.28. The third-order valence-corrected chi connectivity index (χ3v) is 3.08. The molecule has 0 saturated heterocycles. The number of carbonyl (C=O) groups is 3. The van der Waals surface area contributed by atoms with Gasteiger partial charge in [0.1, 0.15) is 12.1 Å². The van der Waals surface area contributed by atoms with Crippen molar-refractivity contribution in [1.29, 1.82) is 0 Å². The number of hydrogen-bond donors (Lipinski definition) is 5. The lowest BCUT2D eigenvalue weighted by molar-refractivity contribution is -0.136. The minimum absolute atomic E-state index is 0.256. The van der Waals surface area contributed by atoms with Gasteiger partial charge < -0.3 is 30.7 Å². The molecule has 3 amide bonds. The molecule has 0 aromatic carbocycles. The van der Waals surface area contributed by atoms with E-state index in [4.69, 9.17) is 15.2 Å². The molecule has 9 nitrogen and oxygen atoms in total. The average Bonchev–Trinajstić information content (AvgIpc) is 2.47. The van der Waals surface area contributed by atoms with Gasteiger partial charge in [0.05, 0.1) is 13.1 Å². The van der Waals surface area contributed by atoms with Gasteiger partial charge in [0, 0.05) is 13.5 Å². The summed E-state index contributed by atoms with van der Waals surface area (Å²) in [5.74, 6) is -1.64. The number of hydrogen-bond acceptors (Lipinski definition) is 6. The number of nitrogens with one attached hydrogen (secondary N) is 2. The van der Waals surface area contributed by atoms with Gasteiger partial charge in [-0.15, -0.1) is 0 Å². The normalized spacial score (nSPS) is 13.0. The van der Waals surface area contributed by atoms with Crippen molar-refractivity contribution >= 4 is 24.8 Å². The maximum atomic E-state index is 12.3. The molecule has 0 rings (SSSR count). The van der Waals surface area contributed by atoms with E-state index < -0.39 is 43.5 Å². The molecule has 0 aliphatic heterocycles. The Bertz CT molecular complexity index is 407. The Balaban J connectivity index is 4.75. The van der Waals surface area contributed by atoms with Gasteiger partial charge in [0.25, 0.3) is 0 Å². The Morgan fingerprint density at radius 2 is 1.83 bits per heavy atom. The fourth-order valence-electron chi connectivity index (χ4n) is 1.93. The van der Waals surface area contributed by atoms with Crippen LogP contribution in [0.15, 0.2) is 0 Å². The lowest BCUT2D eigenvalue weighted by atomic mass is 9.90. The van der Waals surface area contributed by atoms with Crippen LogP contribution in [0, 0.1) is 0 Å². The number of unbranched alkanes of at least 4 members (excludes halogenated alkanes) is 1. The van der Waals surface area contributed by atoms with Crippen LogP contribution >= 0.6 is 0 Å². The third-order valence-electron chi connectivity index (χ3n) is 3.08. The number of carbonyl (C=O) groups excluding carboxylic acids is 3. The Kier molecular flexibility index (Phi) is 10.2. The molecule has 10 heteroatoms. The van der Waals surface area contributed by atoms with Gasteiger partial charge in [-0.25, -0.2) is 0 Å². The second-order valence-electron chi connectivity index (χ2n) is 5.28. The molecule has 132 valence electrons. The van der Waals surface area contributed by atoms with Crippen molar-refractivity contribution in [2.45, 2.75) is 45.7 Å². The van der Waals surface area contributed by atoms with Gasteiger partial charge in [-0.3, -0.25) is 14.4 Å². The molecule has 0 heterocycles. The first-order valence-electron chi connectivity index (χ1n) is 7.56. The van der Waals surface area contributed by atoms with Gasteiger partial charge in [-0.2, -0.15) is 0 Å². The number of amides is 3. The highest BCUT2D eigenvalue weighted by molar-refractivity contribution is 6.41. The van der Waals surface area contributed by atoms with Crippen LogP contribution < -0.4 is 10.6 Å². The highest BCUT2D eigenvalue weighted by Crippen LogP contribution is 2.01. The number of rotatable bonds is 10. The number of aliphatic hydroxyl groups is 1. The van der Waals surface area contributed by atoms with Crippen LogP contribution in [0.4, 0.5) is 0 Å². The summed E-state index contributed by atoms with van der Waals surface area (Å²) in [5, 5.41) is 31.9. The monoisotopic (exact) mass is 331 g/mol. The van der Waals surface area contributed by atoms with Crippen LogP contribution in [0.1, 0.15) is 33.6 Å². The molecule has 5 N–H and O–H groups in total. The summed E-state index contributed by atoms with van der Waals surface area (Å²) in [4.78, 5) is 36.4. The van der Waals surface area contributed by atoms with E-state index in [2.05, 4.69) is 10.6 Å². The predicted molar refractivity (Wildman–Crippen MR) is 84.0 cm³/mol. The van der Waals surface area contributed by atoms with Gasteiger partial charge >= 0.3 is 7.12 Å². The van der Waals surface area contributed by atoms with E-state index in [-0.39, 0.29) is 6.44 Å². The van der Waals surface area contributed by atoms with E-state index >= 15 is 0 Å². The van der Waals surface area contributed by atoms with Crippen molar-refractivity contribution < 1.29 is 29.5 Å². The maximum absolute atomic E-state index is 12.3. The zero-order chi connectivity index (χ0) is 18.0. The fourth-order valence-corrected chi connectivity index (χ4v) is 1.93. The third kappa shape index (κ3) is 8.53. The average molecular weight is 331 g/mol. The van der Waals surface area contributed by atoms with E-state index in [0.717, 1.165) is 6.42 Å². The second kappa shape index (κ2) is 11.0. The van der Waals surface area contributed by atoms with E-state index in [1.54, 1.807) is 0 Å². The molecule has 0 fully saturated rings. The van der Waals surface area contributed by atoms with Crippen molar-refractivity contribution in [3.8, 4) is 0 Å². The minimum atomic E-state index is -1.66. The van der Waals surface area contributed by atoms with Crippen LogP contribution in [-0.2, 0) is 14.4 Å². The number of nitrogens with zero attached hydrogens (tertiary/aromatic N) is 1. The molecule has 0 saturated carbocycles. The zero-order valence-electron chi connectivity index (χ0n) is 13.8. The molecular formula is C13H26BN3O6. The van der Waals surface area contributed by atoms with E-state index in [9.17, 15) is 14.4 Å². The smallest absolute Gasteiger partial charge is 0.426 e. The molecule has 0 aromatic rings. The Hall–Kier alpha value is -1.65. The number of aliphatic hydroxyl groups excluding tert-OH is 1. The van der Waals surface area contributed by atoms with Gasteiger partial charge in [0.2, 0.25) is 17.7 Å². The van der Waals surface area contributed by atoms with Gasteiger partial charge in [-0.1, -0.05) is 13.3 Å². The first-order valence-corrected chi connectivity index (χ1v) is 7.56. The summed E-state index contributed by atoms with van der Waals surface area (Å²) in [6.45, 7) is 4.33. The summed E-state index contributed by atoms with van der Waals surface area (Å²) in [7, 11) is -1.66. The lowest BCUT2D eigenvalue weighted by Gasteiger charge is -2.27. The van der Waals surface area contributed by atoms with Crippen molar-refractivity contribution in [2.75, 3.05) is 19.6 Å². The standard InChI is InChI=1S/C13H26BN3O6/c1-4-5-6-17(8-14(22)23)13(21)9(2)15-12(20)11(7-18)16-10(3)19/h9,11,18,22-23H,4-8H2,1-3H3,(H,15,20)(H,16,19). The molecule has 23 heavy (non-hydrogen) atoms. The van der Waals surface area contributed by atoms with Crippen LogP contribution in [0.5, 0.6) is 0 Å². The molecule has 0 aliphatic carbocycles. The maximum Gasteiger partial charge on any atom is 0.472 e. The molecule has 2 atom stereocenters. The summed E-state index contributed by atoms with van der Waals surface area (Å²) in [6.07, 6.45) is 1.25. The molecule has 0 aliphatic rings. The summed E-state index contributed by atoms with van der Waals surface area (Å²) in [5.41, 5.74) is 0. The Labute approximate surface area is 136 Å². The Morgan fingerprint density at radius 1 is 1.22 bits per heavy atom. The molecule has 2 unspecified atom stereocenters. The topological polar surface area (TPSA) is 139 Å². The van der Waals surface area contributed by atoms with E-state index in [1.807, 2.05) is 6.92 Å². The van der Waals surface area contributed by atoms with E-state index in [0.29, 0.717) is 13.0 Å². The minimum Gasteiger partial charge on any atom is -0.426 e. The first-order chi connectivity index (χ1) is 10.7. The highest BCUT2D eigenvalue weighted by Gasteiger charge is 2.27. The quantitative estimate of drug-likeness (QED) is 0.284. The summed E-state index contributed by atoms with van der Waals surface area (Å²) >= 11 is 0. The van der Waals surface area contributed by atoms with Crippen molar-refractivity contribution in [2.24, 2.45) is 0 Å². The zero-order valence-corrected chi connectivity index (χ0v) is 13.8. The van der Waals surface area contributed by atoms with Crippen LogP contribution in [-0.4, -0.2) is 76.6 Å². The largest absolute Gasteiger partial charge is 0.472 e. The summed E-state index contributed by atoms with van der Waals surface area (Å²) < 4.78 is 0. The summed E-state index contributed by atoms with van der Waals surface area (Å²) in [6, 6.07) is -2.07. The first kappa shape index (κ1) is 21.4. The van der Waals surface area contributed by atoms with Crippen molar-refractivity contribution in [3.63, 3.8) is 0 Å². The molecule has 0 spiro atoms. The van der Waals surface area contributed by atoms with Crippen LogP contribution in [0.2, 0.25) is 0 Å². The predicted octanol–water partition coefficient (Wildman–Crippen LogP) is -2.37. The molecular weight excluding hydrogens is 305 g/mol. The van der Waals surface area contributed by atoms with E-state index in [1.165, 1.54) is 18.7 Å². The molecule has 0 aromatic heterocycles. The molecule has 0 bridgehead atoms. The fraction of sp³-hybridized carbons (Fsp3) is 0.769. The van der Waals surface area contributed by atoms with Crippen molar-refractivity contribution in [3.05, 3.63) is 0 Å². The van der Waals surface area contributed by atoms with Gasteiger partial charge in [0.15, 0.2) is 0 Å². The molecule has 0 radical (unpaired) electrons. The SMILES string of the molecule is CCCCN(CB(O)O)C(=O)C(C)NC(=O)C(CO)NC(C)=O. The Morgan fingerprint density at radius 3 is 2.26 bits per heavy atom. The van der Waals surface area contributed by atoms with Crippen LogP contribution in [0.3, 0.4) is 0 Å². The lowest BCUT2D eigenvalue weighted by Crippen LogP contribution is -2.55. The highest BCUT2D eigenvalue weighted by atomic mass is 16.4. The van der Waals surface area contributed by atoms with Crippen molar-refractivity contribution in [1.82, 2.24) is 15.5 Å². The van der Waals surface area contributed by atoms with Gasteiger partial charge in [-0.05, 0) is 13.3 Å².